The number of hydrogen-bond acceptors (Lipinski definition) is 5. The molecule has 0 unspecified atom stereocenters. The molecule has 3 aromatic heterocycles. The minimum Gasteiger partial charge on any atom is -0.494 e. The van der Waals surface area contributed by atoms with E-state index in [1.165, 1.54) is 51.9 Å². The zero-order valence-electron chi connectivity index (χ0n) is 17.4. The van der Waals surface area contributed by atoms with Gasteiger partial charge < -0.3 is 5.11 Å². The minimum atomic E-state index is -0.630. The van der Waals surface area contributed by atoms with Crippen molar-refractivity contribution in [3.63, 3.8) is 0 Å². The Morgan fingerprint density at radius 3 is 2.35 bits per heavy atom. The lowest BCUT2D eigenvalue weighted by molar-refractivity contribution is 0.433. The molecule has 0 bridgehead atoms. The second-order valence-electron chi connectivity index (χ2n) is 7.54. The number of benzene rings is 1. The van der Waals surface area contributed by atoms with Crippen molar-refractivity contribution in [1.82, 2.24) is 23.1 Å². The summed E-state index contributed by atoms with van der Waals surface area (Å²) in [6.07, 6.45) is 1.53. The van der Waals surface area contributed by atoms with Gasteiger partial charge in [-0.1, -0.05) is 25.5 Å². The van der Waals surface area contributed by atoms with Crippen LogP contribution in [0.4, 0.5) is 4.39 Å². The number of hydrogen-bond donors (Lipinski definition) is 1. The summed E-state index contributed by atoms with van der Waals surface area (Å²) in [5, 5.41) is 11.1. The predicted octanol–water partition coefficient (Wildman–Crippen LogP) is 1.28. The van der Waals surface area contributed by atoms with Crippen LogP contribution in [0.3, 0.4) is 0 Å². The van der Waals surface area contributed by atoms with Gasteiger partial charge in [0.15, 0.2) is 11.2 Å². The fraction of sp³-hybridized carbons (Fsp3) is 0.333. The van der Waals surface area contributed by atoms with E-state index in [1.54, 1.807) is 0 Å². The van der Waals surface area contributed by atoms with Gasteiger partial charge in [0.2, 0.25) is 11.7 Å². The molecule has 0 fully saturated rings. The fourth-order valence-electron chi connectivity index (χ4n) is 3.73. The average Bonchev–Trinajstić information content (AvgIpc) is 3.16. The SMILES string of the molecule is CCCCn1c(=O)c(Cc2ccc(F)cc2)c(O)n2c3c(=O)n(C)c(=O)n(C)c3nc12. The molecule has 4 aromatic rings. The lowest BCUT2D eigenvalue weighted by Crippen LogP contribution is -2.37. The summed E-state index contributed by atoms with van der Waals surface area (Å²) in [5.74, 6) is -0.740. The van der Waals surface area contributed by atoms with Gasteiger partial charge in [-0.2, -0.15) is 4.98 Å². The van der Waals surface area contributed by atoms with E-state index in [0.29, 0.717) is 18.5 Å². The van der Waals surface area contributed by atoms with Gasteiger partial charge in [0.25, 0.3) is 11.1 Å². The third-order valence-corrected chi connectivity index (χ3v) is 5.50. The van der Waals surface area contributed by atoms with Crippen LogP contribution in [-0.2, 0) is 27.1 Å². The van der Waals surface area contributed by atoms with Crippen LogP contribution in [0, 0.1) is 5.82 Å². The molecule has 0 aliphatic heterocycles. The Hall–Kier alpha value is -3.69. The Balaban J connectivity index is 2.13. The maximum absolute atomic E-state index is 13.3. The van der Waals surface area contributed by atoms with E-state index in [-0.39, 0.29) is 28.9 Å². The first-order valence-electron chi connectivity index (χ1n) is 9.93. The number of unbranched alkanes of at least 4 members (excludes halogenated alkanes) is 1. The first kappa shape index (κ1) is 20.6. The third-order valence-electron chi connectivity index (χ3n) is 5.50. The van der Waals surface area contributed by atoms with Crippen molar-refractivity contribution >= 4 is 16.9 Å². The van der Waals surface area contributed by atoms with Gasteiger partial charge in [-0.25, -0.2) is 13.6 Å². The smallest absolute Gasteiger partial charge is 0.332 e. The van der Waals surface area contributed by atoms with Gasteiger partial charge in [-0.15, -0.1) is 0 Å². The first-order valence-corrected chi connectivity index (χ1v) is 9.93. The van der Waals surface area contributed by atoms with E-state index in [4.69, 9.17) is 0 Å². The van der Waals surface area contributed by atoms with Crippen LogP contribution < -0.4 is 16.8 Å². The van der Waals surface area contributed by atoms with E-state index < -0.39 is 28.5 Å². The van der Waals surface area contributed by atoms with Gasteiger partial charge in [0, 0.05) is 27.1 Å². The Bertz CT molecular complexity index is 1490. The van der Waals surface area contributed by atoms with Crippen LogP contribution in [0.25, 0.3) is 16.9 Å². The highest BCUT2D eigenvalue weighted by molar-refractivity contribution is 5.76. The maximum Gasteiger partial charge on any atom is 0.332 e. The largest absolute Gasteiger partial charge is 0.494 e. The number of fused-ring (bicyclic) bond motifs is 3. The summed E-state index contributed by atoms with van der Waals surface area (Å²) in [6.45, 7) is 2.30. The third kappa shape index (κ3) is 3.15. The van der Waals surface area contributed by atoms with Gasteiger partial charge in [-0.05, 0) is 24.1 Å². The summed E-state index contributed by atoms with van der Waals surface area (Å²) < 4.78 is 18.1. The van der Waals surface area contributed by atoms with E-state index in [0.717, 1.165) is 11.0 Å². The second-order valence-corrected chi connectivity index (χ2v) is 7.54. The summed E-state index contributed by atoms with van der Waals surface area (Å²) in [6, 6.07) is 5.62. The number of imidazole rings is 1. The molecule has 1 N–H and O–H groups in total. The minimum absolute atomic E-state index is 0.00250. The van der Waals surface area contributed by atoms with Gasteiger partial charge in [0.1, 0.15) is 5.82 Å². The van der Waals surface area contributed by atoms with Crippen LogP contribution in [0.2, 0.25) is 0 Å². The van der Waals surface area contributed by atoms with Crippen LogP contribution in [-0.4, -0.2) is 28.2 Å². The highest BCUT2D eigenvalue weighted by atomic mass is 19.1. The lowest BCUT2D eigenvalue weighted by atomic mass is 10.1. The zero-order valence-corrected chi connectivity index (χ0v) is 17.4. The molecular weight excluding hydrogens is 405 g/mol. The molecule has 31 heavy (non-hydrogen) atoms. The molecule has 0 aliphatic rings. The fourth-order valence-corrected chi connectivity index (χ4v) is 3.73. The molecule has 0 saturated heterocycles. The van der Waals surface area contributed by atoms with E-state index >= 15 is 0 Å². The number of rotatable bonds is 5. The second kappa shape index (κ2) is 7.53. The van der Waals surface area contributed by atoms with Crippen molar-refractivity contribution in [3.8, 4) is 5.88 Å². The predicted molar refractivity (Wildman–Crippen MR) is 113 cm³/mol. The maximum atomic E-state index is 13.3. The molecule has 0 spiro atoms. The van der Waals surface area contributed by atoms with Gasteiger partial charge >= 0.3 is 5.69 Å². The normalized spacial score (nSPS) is 11.6. The summed E-state index contributed by atoms with van der Waals surface area (Å²) in [4.78, 5) is 42.9. The molecule has 1 aromatic carbocycles. The number of halogens is 1. The lowest BCUT2D eigenvalue weighted by Gasteiger charge is -2.13. The molecule has 0 atom stereocenters. The van der Waals surface area contributed by atoms with E-state index in [1.807, 2.05) is 6.92 Å². The van der Waals surface area contributed by atoms with Crippen LogP contribution in [0.5, 0.6) is 5.88 Å². The Morgan fingerprint density at radius 2 is 1.71 bits per heavy atom. The van der Waals surface area contributed by atoms with Gasteiger partial charge in [0.05, 0.1) is 5.56 Å². The molecule has 9 nitrogen and oxygen atoms in total. The quantitative estimate of drug-likeness (QED) is 0.517. The van der Waals surface area contributed by atoms with Crippen molar-refractivity contribution in [2.24, 2.45) is 14.1 Å². The highest BCUT2D eigenvalue weighted by Gasteiger charge is 2.24. The van der Waals surface area contributed by atoms with Crippen LogP contribution in [0.15, 0.2) is 38.6 Å². The standard InChI is InChI=1S/C21H22FN5O4/c1-4-5-10-26-17(28)14(11-12-6-8-13(22)9-7-12)18(29)27-15-16(23-20(26)27)24(2)21(31)25(3)19(15)30/h6-9,29H,4-5,10-11H2,1-3H3. The Labute approximate surface area is 175 Å². The van der Waals surface area contributed by atoms with Crippen molar-refractivity contribution in [3.05, 3.63) is 72.4 Å². The summed E-state index contributed by atoms with van der Waals surface area (Å²) in [7, 11) is 2.81. The van der Waals surface area contributed by atoms with Crippen molar-refractivity contribution < 1.29 is 9.50 Å². The molecule has 3 heterocycles. The Kier molecular flexibility index (Phi) is 5.00. The molecule has 10 heteroatoms. The molecule has 162 valence electrons. The highest BCUT2D eigenvalue weighted by Crippen LogP contribution is 2.23. The molecular formula is C21H22FN5O4. The number of aromatic hydroxyl groups is 1. The van der Waals surface area contributed by atoms with E-state index in [2.05, 4.69) is 4.98 Å². The van der Waals surface area contributed by atoms with Crippen molar-refractivity contribution in [2.45, 2.75) is 32.7 Å². The van der Waals surface area contributed by atoms with Crippen LogP contribution in [0.1, 0.15) is 30.9 Å². The van der Waals surface area contributed by atoms with Crippen molar-refractivity contribution in [2.75, 3.05) is 0 Å². The molecule has 0 aliphatic carbocycles. The number of aryl methyl sites for hydroxylation is 2. The van der Waals surface area contributed by atoms with Crippen molar-refractivity contribution in [1.29, 1.82) is 0 Å². The van der Waals surface area contributed by atoms with E-state index in [9.17, 15) is 23.9 Å². The number of aromatic nitrogens is 5. The molecule has 4 rings (SSSR count). The number of nitrogens with zero attached hydrogens (tertiary/aromatic N) is 5. The Morgan fingerprint density at radius 1 is 1.03 bits per heavy atom. The van der Waals surface area contributed by atoms with Crippen LogP contribution >= 0.6 is 0 Å². The van der Waals surface area contributed by atoms with Gasteiger partial charge in [-0.3, -0.25) is 23.3 Å². The molecule has 0 radical (unpaired) electrons. The monoisotopic (exact) mass is 427 g/mol. The summed E-state index contributed by atoms with van der Waals surface area (Å²) >= 11 is 0. The molecule has 0 amide bonds. The summed E-state index contributed by atoms with van der Waals surface area (Å²) in [5.41, 5.74) is -0.872. The topological polar surface area (TPSA) is 104 Å². The zero-order chi connectivity index (χ0) is 22.4. The molecule has 0 saturated carbocycles. The average molecular weight is 427 g/mol. The first-order chi connectivity index (χ1) is 14.8.